The summed E-state index contributed by atoms with van der Waals surface area (Å²) < 4.78 is 30.4. The molecular weight excluding hydrogens is 340 g/mol. The number of nitrogens with zero attached hydrogens (tertiary/aromatic N) is 1. The Morgan fingerprint density at radius 3 is 2.20 bits per heavy atom. The molecule has 2 aromatic carbocycles. The molecule has 0 atom stereocenters. The molecule has 0 heterocycles. The van der Waals surface area contributed by atoms with E-state index in [-0.39, 0.29) is 18.9 Å². The van der Waals surface area contributed by atoms with E-state index in [0.29, 0.717) is 17.1 Å². The third kappa shape index (κ3) is 5.49. The van der Waals surface area contributed by atoms with E-state index in [1.54, 1.807) is 43.5 Å². The van der Waals surface area contributed by atoms with Crippen LogP contribution in [0.2, 0.25) is 0 Å². The van der Waals surface area contributed by atoms with Gasteiger partial charge in [0.1, 0.15) is 5.75 Å². The van der Waals surface area contributed by atoms with Crippen molar-refractivity contribution in [3.05, 3.63) is 54.1 Å². The molecule has 134 valence electrons. The van der Waals surface area contributed by atoms with E-state index in [4.69, 9.17) is 4.74 Å². The first-order chi connectivity index (χ1) is 11.8. The van der Waals surface area contributed by atoms with Crippen LogP contribution in [0.4, 0.5) is 11.4 Å². The highest BCUT2D eigenvalue weighted by Crippen LogP contribution is 2.19. The van der Waals surface area contributed by atoms with Crippen molar-refractivity contribution in [2.24, 2.45) is 0 Å². The molecule has 7 heteroatoms. The second-order valence-electron chi connectivity index (χ2n) is 5.70. The molecule has 0 radical (unpaired) electrons. The first kappa shape index (κ1) is 18.8. The van der Waals surface area contributed by atoms with Crippen molar-refractivity contribution in [3.8, 4) is 5.75 Å². The Balaban J connectivity index is 2.02. The molecule has 1 amide bonds. The van der Waals surface area contributed by atoms with Gasteiger partial charge < -0.3 is 10.1 Å². The molecule has 0 aliphatic rings. The van der Waals surface area contributed by atoms with Gasteiger partial charge in [-0.25, -0.2) is 8.42 Å². The second kappa shape index (κ2) is 8.02. The van der Waals surface area contributed by atoms with Crippen LogP contribution in [0.15, 0.2) is 48.5 Å². The van der Waals surface area contributed by atoms with E-state index in [0.717, 1.165) is 11.8 Å². The minimum absolute atomic E-state index is 0.0486. The van der Waals surface area contributed by atoms with Gasteiger partial charge in [0.05, 0.1) is 19.1 Å². The van der Waals surface area contributed by atoms with Gasteiger partial charge in [-0.15, -0.1) is 0 Å². The predicted molar refractivity (Wildman–Crippen MR) is 99.6 cm³/mol. The number of methoxy groups -OCH3 is 1. The Bertz CT molecular complexity index is 815. The summed E-state index contributed by atoms with van der Waals surface area (Å²) in [4.78, 5) is 12.1. The fraction of sp³-hybridized carbons (Fsp3) is 0.278. The molecule has 0 aliphatic carbocycles. The van der Waals surface area contributed by atoms with Crippen molar-refractivity contribution in [2.75, 3.05) is 29.5 Å². The van der Waals surface area contributed by atoms with Gasteiger partial charge in [0.2, 0.25) is 15.9 Å². The molecule has 2 rings (SSSR count). The molecule has 6 nitrogen and oxygen atoms in total. The highest BCUT2D eigenvalue weighted by molar-refractivity contribution is 7.92. The number of carbonyl (C=O) groups excluding carboxylic acids is 1. The molecule has 0 aromatic heterocycles. The molecule has 0 unspecified atom stereocenters. The van der Waals surface area contributed by atoms with Crippen molar-refractivity contribution in [3.63, 3.8) is 0 Å². The van der Waals surface area contributed by atoms with Gasteiger partial charge >= 0.3 is 0 Å². The number of hydrogen-bond acceptors (Lipinski definition) is 4. The van der Waals surface area contributed by atoms with E-state index in [9.17, 15) is 13.2 Å². The number of sulfonamides is 1. The summed E-state index contributed by atoms with van der Waals surface area (Å²) >= 11 is 0. The Morgan fingerprint density at radius 1 is 1.08 bits per heavy atom. The van der Waals surface area contributed by atoms with E-state index in [1.165, 1.54) is 4.31 Å². The number of ether oxygens (including phenoxy) is 1. The van der Waals surface area contributed by atoms with Crippen molar-refractivity contribution >= 4 is 27.3 Å². The van der Waals surface area contributed by atoms with Crippen LogP contribution in [0.1, 0.15) is 12.0 Å². The lowest BCUT2D eigenvalue weighted by molar-refractivity contribution is -0.116. The minimum Gasteiger partial charge on any atom is -0.497 e. The Morgan fingerprint density at radius 2 is 1.68 bits per heavy atom. The van der Waals surface area contributed by atoms with Gasteiger partial charge in [0.15, 0.2) is 0 Å². The molecule has 2 aromatic rings. The highest BCUT2D eigenvalue weighted by atomic mass is 32.2. The average Bonchev–Trinajstić information content (AvgIpc) is 2.56. The fourth-order valence-corrected chi connectivity index (χ4v) is 3.23. The largest absolute Gasteiger partial charge is 0.497 e. The zero-order valence-electron chi connectivity index (χ0n) is 14.5. The summed E-state index contributed by atoms with van der Waals surface area (Å²) in [5.74, 6) is 0.437. The molecule has 0 aliphatic heterocycles. The van der Waals surface area contributed by atoms with Crippen LogP contribution in [0.25, 0.3) is 0 Å². The standard InChI is InChI=1S/C18H22N2O4S/c1-14-4-8-16(9-5-14)20(25(3,22)23)13-12-18(21)19-15-6-10-17(24-2)11-7-15/h4-11H,12-13H2,1-3H3,(H,19,21). The summed E-state index contributed by atoms with van der Waals surface area (Å²) in [6.07, 6.45) is 1.18. The van der Waals surface area contributed by atoms with E-state index < -0.39 is 10.0 Å². The van der Waals surface area contributed by atoms with Crippen LogP contribution in [0.3, 0.4) is 0 Å². The topological polar surface area (TPSA) is 75.7 Å². The summed E-state index contributed by atoms with van der Waals surface area (Å²) in [6.45, 7) is 2.00. The monoisotopic (exact) mass is 362 g/mol. The number of aryl methyl sites for hydroxylation is 1. The molecule has 25 heavy (non-hydrogen) atoms. The highest BCUT2D eigenvalue weighted by Gasteiger charge is 2.18. The maximum absolute atomic E-state index is 12.1. The summed E-state index contributed by atoms with van der Waals surface area (Å²) in [5.41, 5.74) is 2.21. The molecule has 0 saturated heterocycles. The number of amides is 1. The molecular formula is C18H22N2O4S. The van der Waals surface area contributed by atoms with Gasteiger partial charge in [-0.05, 0) is 43.3 Å². The average molecular weight is 362 g/mol. The van der Waals surface area contributed by atoms with Crippen LogP contribution in [-0.4, -0.2) is 34.2 Å². The van der Waals surface area contributed by atoms with Gasteiger partial charge in [-0.2, -0.15) is 0 Å². The van der Waals surface area contributed by atoms with Crippen molar-refractivity contribution in [2.45, 2.75) is 13.3 Å². The molecule has 0 saturated carbocycles. The van der Waals surface area contributed by atoms with Crippen LogP contribution in [0.5, 0.6) is 5.75 Å². The van der Waals surface area contributed by atoms with Gasteiger partial charge in [0, 0.05) is 18.7 Å². The van der Waals surface area contributed by atoms with Crippen LogP contribution in [0, 0.1) is 6.92 Å². The maximum atomic E-state index is 12.1. The Labute approximate surface area is 148 Å². The summed E-state index contributed by atoms with van der Waals surface area (Å²) in [5, 5.41) is 2.74. The number of carbonyl (C=O) groups is 1. The summed E-state index contributed by atoms with van der Waals surface area (Å²) in [6, 6.07) is 14.1. The lowest BCUT2D eigenvalue weighted by Gasteiger charge is -2.22. The molecule has 0 spiro atoms. The first-order valence-corrected chi connectivity index (χ1v) is 9.63. The van der Waals surface area contributed by atoms with Gasteiger partial charge in [-0.1, -0.05) is 17.7 Å². The van der Waals surface area contributed by atoms with Crippen molar-refractivity contribution in [1.82, 2.24) is 0 Å². The number of hydrogen-bond donors (Lipinski definition) is 1. The minimum atomic E-state index is -3.47. The Hall–Kier alpha value is -2.54. The summed E-state index contributed by atoms with van der Waals surface area (Å²) in [7, 11) is -1.90. The molecule has 0 bridgehead atoms. The quantitative estimate of drug-likeness (QED) is 0.822. The van der Waals surface area contributed by atoms with Crippen LogP contribution >= 0.6 is 0 Å². The SMILES string of the molecule is COc1ccc(NC(=O)CCN(c2ccc(C)cc2)S(C)(=O)=O)cc1. The zero-order valence-corrected chi connectivity index (χ0v) is 15.3. The van der Waals surface area contributed by atoms with E-state index >= 15 is 0 Å². The van der Waals surface area contributed by atoms with Gasteiger partial charge in [-0.3, -0.25) is 9.10 Å². The molecule has 0 fully saturated rings. The number of anilines is 2. The fourth-order valence-electron chi connectivity index (χ4n) is 2.30. The smallest absolute Gasteiger partial charge is 0.232 e. The number of nitrogens with one attached hydrogen (secondary N) is 1. The third-order valence-electron chi connectivity index (χ3n) is 3.64. The van der Waals surface area contributed by atoms with E-state index in [1.807, 2.05) is 19.1 Å². The lowest BCUT2D eigenvalue weighted by Crippen LogP contribution is -2.33. The number of benzene rings is 2. The first-order valence-electron chi connectivity index (χ1n) is 7.78. The lowest BCUT2D eigenvalue weighted by atomic mass is 10.2. The zero-order chi connectivity index (χ0) is 18.4. The third-order valence-corrected chi connectivity index (χ3v) is 4.83. The number of rotatable bonds is 7. The van der Waals surface area contributed by atoms with Crippen LogP contribution in [-0.2, 0) is 14.8 Å². The van der Waals surface area contributed by atoms with Crippen LogP contribution < -0.4 is 14.4 Å². The maximum Gasteiger partial charge on any atom is 0.232 e. The van der Waals surface area contributed by atoms with Gasteiger partial charge in [0.25, 0.3) is 0 Å². The van der Waals surface area contributed by atoms with Crippen molar-refractivity contribution in [1.29, 1.82) is 0 Å². The van der Waals surface area contributed by atoms with Crippen molar-refractivity contribution < 1.29 is 17.9 Å². The van der Waals surface area contributed by atoms with E-state index in [2.05, 4.69) is 5.32 Å². The normalized spacial score (nSPS) is 11.0. The second-order valence-corrected chi connectivity index (χ2v) is 7.60. The molecule has 1 N–H and O–H groups in total. The Kier molecular flexibility index (Phi) is 6.03. The predicted octanol–water partition coefficient (Wildman–Crippen LogP) is 2.80.